The first-order valence-corrected chi connectivity index (χ1v) is 13.0. The van der Waals surface area contributed by atoms with Gasteiger partial charge in [-0.15, -0.1) is 0 Å². The lowest BCUT2D eigenvalue weighted by Gasteiger charge is -2.38. The van der Waals surface area contributed by atoms with E-state index in [0.29, 0.717) is 18.0 Å². The molecule has 1 aromatic carbocycles. The van der Waals surface area contributed by atoms with Crippen LogP contribution in [0.15, 0.2) is 24.3 Å². The van der Waals surface area contributed by atoms with Crippen molar-refractivity contribution in [3.63, 3.8) is 0 Å². The van der Waals surface area contributed by atoms with Crippen molar-refractivity contribution in [2.24, 2.45) is 5.41 Å². The van der Waals surface area contributed by atoms with Crippen LogP contribution in [0.5, 0.6) is 0 Å². The van der Waals surface area contributed by atoms with Gasteiger partial charge >= 0.3 is 0 Å². The zero-order valence-electron chi connectivity index (χ0n) is 22.1. The first kappa shape index (κ1) is 26.6. The van der Waals surface area contributed by atoms with Crippen molar-refractivity contribution in [1.29, 1.82) is 0 Å². The second-order valence-electron chi connectivity index (χ2n) is 11.7. The van der Waals surface area contributed by atoms with E-state index in [0.717, 1.165) is 31.9 Å². The molecule has 3 fully saturated rings. The molecule has 3 aliphatic heterocycles. The van der Waals surface area contributed by atoms with Crippen LogP contribution in [-0.2, 0) is 14.3 Å². The minimum absolute atomic E-state index is 0.0230. The molecule has 3 heterocycles. The van der Waals surface area contributed by atoms with Crippen LogP contribution >= 0.6 is 0 Å². The summed E-state index contributed by atoms with van der Waals surface area (Å²) in [5.41, 5.74) is 1.31. The number of fused-ring (bicyclic) bond motifs is 1. The van der Waals surface area contributed by atoms with Crippen LogP contribution in [0, 0.1) is 5.41 Å². The Morgan fingerprint density at radius 1 is 1.11 bits per heavy atom. The Kier molecular flexibility index (Phi) is 7.73. The second kappa shape index (κ2) is 10.5. The molecule has 0 radical (unpaired) electrons. The summed E-state index contributed by atoms with van der Waals surface area (Å²) in [7, 11) is 0. The number of hydrogen-bond acceptors (Lipinski definition) is 7. The highest BCUT2D eigenvalue weighted by Gasteiger charge is 2.53. The lowest BCUT2D eigenvalue weighted by atomic mass is 9.87. The quantitative estimate of drug-likeness (QED) is 0.607. The molecule has 0 aliphatic carbocycles. The van der Waals surface area contributed by atoms with Crippen molar-refractivity contribution >= 4 is 23.3 Å². The Balaban J connectivity index is 1.44. The number of carbonyl (C=O) groups is 3. The molecule has 198 valence electrons. The molecule has 9 heteroatoms. The maximum atomic E-state index is 13.5. The fourth-order valence-corrected chi connectivity index (χ4v) is 5.43. The van der Waals surface area contributed by atoms with E-state index in [4.69, 9.17) is 4.74 Å². The van der Waals surface area contributed by atoms with E-state index in [1.54, 1.807) is 12.1 Å². The van der Waals surface area contributed by atoms with Gasteiger partial charge < -0.3 is 25.0 Å². The van der Waals surface area contributed by atoms with Crippen molar-refractivity contribution in [2.45, 2.75) is 71.4 Å². The molecule has 4 atom stereocenters. The van der Waals surface area contributed by atoms with Crippen molar-refractivity contribution in [3.8, 4) is 0 Å². The van der Waals surface area contributed by atoms with Crippen LogP contribution in [-0.4, -0.2) is 102 Å². The molecule has 1 aromatic rings. The van der Waals surface area contributed by atoms with Gasteiger partial charge in [0, 0.05) is 43.5 Å². The minimum Gasteiger partial charge on any atom is -0.388 e. The maximum Gasteiger partial charge on any atom is 0.251 e. The number of rotatable bonds is 6. The molecule has 0 spiro atoms. The number of carbonyl (C=O) groups excluding carboxylic acids is 3. The van der Waals surface area contributed by atoms with Gasteiger partial charge in [0.1, 0.15) is 30.9 Å². The number of aliphatic hydroxyl groups excluding tert-OH is 1. The summed E-state index contributed by atoms with van der Waals surface area (Å²) in [4.78, 5) is 45.2. The number of aliphatic hydroxyl groups is 1. The summed E-state index contributed by atoms with van der Waals surface area (Å²) >= 11 is 0. The van der Waals surface area contributed by atoms with E-state index in [2.05, 4.69) is 29.0 Å². The molecular formula is C27H40N4O5. The maximum absolute atomic E-state index is 13.5. The first-order valence-electron chi connectivity index (χ1n) is 13.0. The molecule has 2 N–H and O–H groups in total. The van der Waals surface area contributed by atoms with Crippen LogP contribution in [0.4, 0.5) is 5.69 Å². The van der Waals surface area contributed by atoms with Gasteiger partial charge in [-0.05, 0) is 49.9 Å². The van der Waals surface area contributed by atoms with Crippen LogP contribution in [0.25, 0.3) is 0 Å². The van der Waals surface area contributed by atoms with Gasteiger partial charge in [-0.3, -0.25) is 19.3 Å². The fraction of sp³-hybridized carbons (Fsp3) is 0.667. The van der Waals surface area contributed by atoms with E-state index >= 15 is 0 Å². The number of ketones is 1. The number of nitrogens with zero attached hydrogens (tertiary/aromatic N) is 3. The number of Topliss-reactive ketones (excluding diaryl/α,β-unsaturated/α-hetero) is 1. The number of piperazine rings is 1. The molecule has 0 bridgehead atoms. The van der Waals surface area contributed by atoms with Gasteiger partial charge in [-0.25, -0.2) is 0 Å². The van der Waals surface area contributed by atoms with Gasteiger partial charge in [-0.2, -0.15) is 0 Å². The highest BCUT2D eigenvalue weighted by Crippen LogP contribution is 2.30. The van der Waals surface area contributed by atoms with Gasteiger partial charge in [0.2, 0.25) is 5.91 Å². The second-order valence-corrected chi connectivity index (χ2v) is 11.7. The van der Waals surface area contributed by atoms with E-state index in [9.17, 15) is 19.5 Å². The van der Waals surface area contributed by atoms with Crippen LogP contribution in [0.1, 0.15) is 51.4 Å². The largest absolute Gasteiger partial charge is 0.388 e. The topological polar surface area (TPSA) is 102 Å². The third-order valence-corrected chi connectivity index (χ3v) is 7.40. The number of anilines is 1. The normalized spacial score (nSPS) is 25.9. The van der Waals surface area contributed by atoms with Crippen LogP contribution < -0.4 is 10.2 Å². The van der Waals surface area contributed by atoms with Crippen molar-refractivity contribution in [3.05, 3.63) is 29.8 Å². The summed E-state index contributed by atoms with van der Waals surface area (Å²) in [6.45, 7) is 14.2. The Morgan fingerprint density at radius 3 is 2.33 bits per heavy atom. The summed E-state index contributed by atoms with van der Waals surface area (Å²) < 4.78 is 5.40. The number of amides is 2. The zero-order chi connectivity index (χ0) is 26.2. The summed E-state index contributed by atoms with van der Waals surface area (Å²) in [6, 6.07) is 6.43. The van der Waals surface area contributed by atoms with Gasteiger partial charge in [0.15, 0.2) is 5.78 Å². The van der Waals surface area contributed by atoms with Gasteiger partial charge in [0.25, 0.3) is 5.91 Å². The SMILES string of the molecule is CC(C)N1CCN(c2ccc(C(=O)NC(CC(C)(C)C)C(=O)N3C[C@H](O)[C@H]4OCC(=O)[C@H]43)cc2)CC1. The molecule has 2 amide bonds. The monoisotopic (exact) mass is 500 g/mol. The number of hydrogen-bond donors (Lipinski definition) is 2. The minimum atomic E-state index is -0.911. The smallest absolute Gasteiger partial charge is 0.251 e. The number of β-amino-alcohol motifs (C(OH)–C–C–N with tert-alkyl or cyclic N) is 1. The van der Waals surface area contributed by atoms with E-state index < -0.39 is 24.3 Å². The molecular weight excluding hydrogens is 460 g/mol. The van der Waals surface area contributed by atoms with Crippen molar-refractivity contribution < 1.29 is 24.2 Å². The van der Waals surface area contributed by atoms with Crippen LogP contribution in [0.3, 0.4) is 0 Å². The highest BCUT2D eigenvalue weighted by molar-refractivity contribution is 5.99. The van der Waals surface area contributed by atoms with E-state index in [1.165, 1.54) is 4.90 Å². The molecule has 3 saturated heterocycles. The average molecular weight is 501 g/mol. The molecule has 0 aromatic heterocycles. The predicted octanol–water partition coefficient (Wildman–Crippen LogP) is 1.29. The predicted molar refractivity (Wildman–Crippen MR) is 137 cm³/mol. The van der Waals surface area contributed by atoms with Gasteiger partial charge in [-0.1, -0.05) is 20.8 Å². The van der Waals surface area contributed by atoms with Crippen molar-refractivity contribution in [2.75, 3.05) is 44.2 Å². The molecule has 36 heavy (non-hydrogen) atoms. The third kappa shape index (κ3) is 5.74. The standard InChI is InChI=1S/C27H40N4O5/c1-17(2)29-10-12-30(13-11-29)19-8-6-18(7-9-19)25(34)28-20(14-27(3,4)5)26(35)31-15-21(32)24-23(31)22(33)16-36-24/h6-9,17,20-21,23-24,32H,10-16H2,1-5H3,(H,28,34)/t20?,21-,23+,24+/m0/s1. The van der Waals surface area contributed by atoms with Crippen molar-refractivity contribution in [1.82, 2.24) is 15.1 Å². The Morgan fingerprint density at radius 2 is 1.75 bits per heavy atom. The summed E-state index contributed by atoms with van der Waals surface area (Å²) in [5, 5.41) is 13.2. The highest BCUT2D eigenvalue weighted by atomic mass is 16.5. The molecule has 1 unspecified atom stereocenters. The number of nitrogens with one attached hydrogen (secondary N) is 1. The summed E-state index contributed by atoms with van der Waals surface area (Å²) in [5.74, 6) is -0.905. The van der Waals surface area contributed by atoms with E-state index in [-0.39, 0.29) is 36.2 Å². The lowest BCUT2D eigenvalue weighted by Crippen LogP contribution is -2.53. The van der Waals surface area contributed by atoms with E-state index in [1.807, 2.05) is 32.9 Å². The molecule has 9 nitrogen and oxygen atoms in total. The van der Waals surface area contributed by atoms with Crippen LogP contribution in [0.2, 0.25) is 0 Å². The zero-order valence-corrected chi connectivity index (χ0v) is 22.1. The Labute approximate surface area is 213 Å². The number of likely N-dealkylation sites (tertiary alicyclic amines) is 1. The Hall–Kier alpha value is -2.49. The third-order valence-electron chi connectivity index (χ3n) is 7.40. The number of ether oxygens (including phenoxy) is 1. The molecule has 3 aliphatic rings. The lowest BCUT2D eigenvalue weighted by molar-refractivity contribution is -0.138. The molecule has 4 rings (SSSR count). The average Bonchev–Trinajstić information content (AvgIpc) is 3.37. The first-order chi connectivity index (χ1) is 16.9. The number of benzene rings is 1. The Bertz CT molecular complexity index is 965. The molecule has 0 saturated carbocycles. The fourth-order valence-electron chi connectivity index (χ4n) is 5.43. The van der Waals surface area contributed by atoms with Gasteiger partial charge in [0.05, 0.1) is 6.54 Å². The summed E-state index contributed by atoms with van der Waals surface area (Å²) in [6.07, 6.45) is -1.21.